The number of rotatable bonds is 2. The van der Waals surface area contributed by atoms with Crippen molar-refractivity contribution in [3.63, 3.8) is 0 Å². The Balaban J connectivity index is 2.33. The second-order valence-corrected chi connectivity index (χ2v) is 6.03. The molecule has 1 atom stereocenters. The molecule has 2 rings (SSSR count). The van der Waals surface area contributed by atoms with Gasteiger partial charge in [-0.2, -0.15) is 0 Å². The van der Waals surface area contributed by atoms with E-state index in [1.165, 1.54) is 0 Å². The summed E-state index contributed by atoms with van der Waals surface area (Å²) >= 11 is 6.21. The van der Waals surface area contributed by atoms with Gasteiger partial charge in [0.25, 0.3) is 0 Å². The van der Waals surface area contributed by atoms with Crippen molar-refractivity contribution in [2.75, 3.05) is 6.54 Å². The first kappa shape index (κ1) is 14.9. The molecule has 0 spiro atoms. The van der Waals surface area contributed by atoms with Gasteiger partial charge in [-0.05, 0) is 32.4 Å². The van der Waals surface area contributed by atoms with Crippen molar-refractivity contribution in [3.05, 3.63) is 34.9 Å². The SMILES string of the molecule is CC(c1ccccc1Cl)N1CCC(=O)NC(C)(C)C1=O. The Kier molecular flexibility index (Phi) is 4.04. The van der Waals surface area contributed by atoms with Gasteiger partial charge in [-0.15, -0.1) is 0 Å². The molecule has 1 heterocycles. The zero-order chi connectivity index (χ0) is 14.9. The van der Waals surface area contributed by atoms with E-state index in [1.54, 1.807) is 18.7 Å². The summed E-state index contributed by atoms with van der Waals surface area (Å²) < 4.78 is 0. The average molecular weight is 295 g/mol. The molecular weight excluding hydrogens is 276 g/mol. The van der Waals surface area contributed by atoms with E-state index in [2.05, 4.69) is 5.32 Å². The number of hydrogen-bond acceptors (Lipinski definition) is 2. The standard InChI is InChI=1S/C15H19ClN2O2/c1-10(11-6-4-5-7-12(11)16)18-9-8-13(19)17-15(2,3)14(18)20/h4-7,10H,8-9H2,1-3H3,(H,17,19). The molecule has 1 unspecified atom stereocenters. The van der Waals surface area contributed by atoms with Crippen molar-refractivity contribution in [1.29, 1.82) is 0 Å². The fraction of sp³-hybridized carbons (Fsp3) is 0.467. The number of nitrogens with one attached hydrogen (secondary N) is 1. The van der Waals surface area contributed by atoms with Gasteiger partial charge in [0, 0.05) is 18.0 Å². The lowest BCUT2D eigenvalue weighted by Crippen LogP contribution is -2.53. The number of halogens is 1. The summed E-state index contributed by atoms with van der Waals surface area (Å²) in [5.41, 5.74) is 0.0102. The second kappa shape index (κ2) is 5.44. The van der Waals surface area contributed by atoms with Gasteiger partial charge in [0.1, 0.15) is 5.54 Å². The zero-order valence-corrected chi connectivity index (χ0v) is 12.7. The van der Waals surface area contributed by atoms with Crippen molar-refractivity contribution in [1.82, 2.24) is 10.2 Å². The minimum absolute atomic E-state index is 0.0873. The Morgan fingerprint density at radius 1 is 1.30 bits per heavy atom. The largest absolute Gasteiger partial charge is 0.342 e. The van der Waals surface area contributed by atoms with Gasteiger partial charge in [-0.1, -0.05) is 29.8 Å². The third-order valence-electron chi connectivity index (χ3n) is 3.65. The topological polar surface area (TPSA) is 49.4 Å². The first-order valence-electron chi connectivity index (χ1n) is 6.69. The molecule has 1 aliphatic heterocycles. The summed E-state index contributed by atoms with van der Waals surface area (Å²) in [6.45, 7) is 5.79. The van der Waals surface area contributed by atoms with Crippen molar-refractivity contribution in [3.8, 4) is 0 Å². The number of nitrogens with zero attached hydrogens (tertiary/aromatic N) is 1. The van der Waals surface area contributed by atoms with Crippen LogP contribution in [0.1, 0.15) is 38.8 Å². The van der Waals surface area contributed by atoms with E-state index in [9.17, 15) is 9.59 Å². The Morgan fingerprint density at radius 3 is 2.60 bits per heavy atom. The van der Waals surface area contributed by atoms with Gasteiger partial charge in [0.2, 0.25) is 11.8 Å². The molecule has 0 aliphatic carbocycles. The predicted octanol–water partition coefficient (Wildman–Crippen LogP) is 2.53. The molecule has 0 aromatic heterocycles. The van der Waals surface area contributed by atoms with Gasteiger partial charge in [0.15, 0.2) is 0 Å². The van der Waals surface area contributed by atoms with Gasteiger partial charge in [-0.3, -0.25) is 9.59 Å². The van der Waals surface area contributed by atoms with Crippen LogP contribution in [0.15, 0.2) is 24.3 Å². The smallest absolute Gasteiger partial charge is 0.248 e. The maximum atomic E-state index is 12.6. The molecule has 108 valence electrons. The van der Waals surface area contributed by atoms with Crippen LogP contribution in [-0.2, 0) is 9.59 Å². The van der Waals surface area contributed by atoms with Gasteiger partial charge < -0.3 is 10.2 Å². The maximum absolute atomic E-state index is 12.6. The van der Waals surface area contributed by atoms with Crippen LogP contribution in [0.2, 0.25) is 5.02 Å². The Morgan fingerprint density at radius 2 is 1.95 bits per heavy atom. The van der Waals surface area contributed by atoms with E-state index < -0.39 is 5.54 Å². The van der Waals surface area contributed by atoms with E-state index in [-0.39, 0.29) is 17.9 Å². The highest BCUT2D eigenvalue weighted by Crippen LogP contribution is 2.29. The summed E-state index contributed by atoms with van der Waals surface area (Å²) in [5.74, 6) is -0.187. The Bertz CT molecular complexity index is 542. The van der Waals surface area contributed by atoms with Crippen LogP contribution in [0.25, 0.3) is 0 Å². The third-order valence-corrected chi connectivity index (χ3v) is 3.99. The van der Waals surface area contributed by atoms with Crippen LogP contribution in [0.3, 0.4) is 0 Å². The second-order valence-electron chi connectivity index (χ2n) is 5.62. The Hall–Kier alpha value is -1.55. The molecule has 1 aromatic carbocycles. The van der Waals surface area contributed by atoms with E-state index in [0.29, 0.717) is 18.0 Å². The fourth-order valence-electron chi connectivity index (χ4n) is 2.50. The van der Waals surface area contributed by atoms with E-state index in [1.807, 2.05) is 31.2 Å². The molecule has 1 aromatic rings. The quantitative estimate of drug-likeness (QED) is 0.911. The molecule has 20 heavy (non-hydrogen) atoms. The number of hydrogen-bond donors (Lipinski definition) is 1. The maximum Gasteiger partial charge on any atom is 0.248 e. The van der Waals surface area contributed by atoms with Crippen molar-refractivity contribution < 1.29 is 9.59 Å². The van der Waals surface area contributed by atoms with E-state index in [0.717, 1.165) is 5.56 Å². The highest BCUT2D eigenvalue weighted by molar-refractivity contribution is 6.31. The number of amides is 2. The molecular formula is C15H19ClN2O2. The van der Waals surface area contributed by atoms with Crippen molar-refractivity contribution in [2.24, 2.45) is 0 Å². The van der Waals surface area contributed by atoms with Crippen molar-refractivity contribution >= 4 is 23.4 Å². The van der Waals surface area contributed by atoms with Crippen LogP contribution in [-0.4, -0.2) is 28.8 Å². The first-order chi connectivity index (χ1) is 9.33. The highest BCUT2D eigenvalue weighted by atomic mass is 35.5. The lowest BCUT2D eigenvalue weighted by molar-refractivity contribution is -0.139. The third kappa shape index (κ3) is 2.80. The number of benzene rings is 1. The van der Waals surface area contributed by atoms with Gasteiger partial charge >= 0.3 is 0 Å². The molecule has 0 bridgehead atoms. The van der Waals surface area contributed by atoms with Crippen molar-refractivity contribution in [2.45, 2.75) is 38.8 Å². The highest BCUT2D eigenvalue weighted by Gasteiger charge is 2.38. The summed E-state index contributed by atoms with van der Waals surface area (Å²) in [5, 5.41) is 3.39. The summed E-state index contributed by atoms with van der Waals surface area (Å²) in [6.07, 6.45) is 0.309. The molecule has 0 radical (unpaired) electrons. The molecule has 4 nitrogen and oxygen atoms in total. The zero-order valence-electron chi connectivity index (χ0n) is 11.9. The first-order valence-corrected chi connectivity index (χ1v) is 7.07. The molecule has 0 saturated carbocycles. The summed E-state index contributed by atoms with van der Waals surface area (Å²) in [6, 6.07) is 7.31. The fourth-order valence-corrected chi connectivity index (χ4v) is 2.79. The lowest BCUT2D eigenvalue weighted by Gasteiger charge is -2.33. The minimum Gasteiger partial charge on any atom is -0.342 e. The van der Waals surface area contributed by atoms with Gasteiger partial charge in [0.05, 0.1) is 6.04 Å². The van der Waals surface area contributed by atoms with Gasteiger partial charge in [-0.25, -0.2) is 0 Å². The monoisotopic (exact) mass is 294 g/mol. The minimum atomic E-state index is -0.886. The molecule has 2 amide bonds. The molecule has 1 fully saturated rings. The summed E-state index contributed by atoms with van der Waals surface area (Å²) in [4.78, 5) is 26.0. The predicted molar refractivity (Wildman–Crippen MR) is 78.4 cm³/mol. The lowest BCUT2D eigenvalue weighted by atomic mass is 10.0. The van der Waals surface area contributed by atoms with E-state index in [4.69, 9.17) is 11.6 Å². The van der Waals surface area contributed by atoms with Crippen LogP contribution < -0.4 is 5.32 Å². The molecule has 5 heteroatoms. The Labute approximate surface area is 124 Å². The van der Waals surface area contributed by atoms with Crippen LogP contribution in [0.5, 0.6) is 0 Å². The molecule has 1 N–H and O–H groups in total. The van der Waals surface area contributed by atoms with Crippen LogP contribution in [0, 0.1) is 0 Å². The molecule has 1 saturated heterocycles. The van der Waals surface area contributed by atoms with E-state index >= 15 is 0 Å². The van der Waals surface area contributed by atoms with Crippen LogP contribution in [0.4, 0.5) is 0 Å². The summed E-state index contributed by atoms with van der Waals surface area (Å²) in [7, 11) is 0. The molecule has 1 aliphatic rings. The normalized spacial score (nSPS) is 20.3. The number of carbonyl (C=O) groups is 2. The number of carbonyl (C=O) groups excluding carboxylic acids is 2. The average Bonchev–Trinajstić information content (AvgIpc) is 2.47. The van der Waals surface area contributed by atoms with Crippen LogP contribution >= 0.6 is 11.6 Å².